The van der Waals surface area contributed by atoms with E-state index in [0.29, 0.717) is 6.42 Å². The Morgan fingerprint density at radius 2 is 1.62 bits per heavy atom. The first-order valence-electron chi connectivity index (χ1n) is 6.16. The number of carbonyl (C=O) groups is 3. The number of ether oxygens (including phenoxy) is 3. The maximum Gasteiger partial charge on any atom is 0.348 e. The summed E-state index contributed by atoms with van der Waals surface area (Å²) in [6.07, 6.45) is -0.334. The first kappa shape index (κ1) is 16.7. The van der Waals surface area contributed by atoms with E-state index in [2.05, 4.69) is 9.47 Å². The van der Waals surface area contributed by atoms with Crippen LogP contribution in [0.2, 0.25) is 0 Å². The molecular formula is C15H14O6. The molecule has 0 aliphatic carbocycles. The molecule has 0 spiro atoms. The summed E-state index contributed by atoms with van der Waals surface area (Å²) >= 11 is 0. The van der Waals surface area contributed by atoms with Gasteiger partial charge in [0, 0.05) is 0 Å². The summed E-state index contributed by atoms with van der Waals surface area (Å²) in [7, 11) is 9.59. The van der Waals surface area contributed by atoms with Crippen LogP contribution in [0.4, 0.5) is 0 Å². The van der Waals surface area contributed by atoms with Crippen LogP contribution in [0.3, 0.4) is 0 Å². The second-order valence-corrected chi connectivity index (χ2v) is 4.07. The summed E-state index contributed by atoms with van der Waals surface area (Å²) in [4.78, 5) is 35.0. The summed E-state index contributed by atoms with van der Waals surface area (Å²) < 4.78 is 13.2. The van der Waals surface area contributed by atoms with Crippen LogP contribution in [0.1, 0.15) is 40.5 Å². The van der Waals surface area contributed by atoms with E-state index in [1.807, 2.05) is 0 Å². The molecule has 6 heteroatoms. The molecule has 6 nitrogen and oxygen atoms in total. The van der Waals surface area contributed by atoms with Crippen molar-refractivity contribution in [1.29, 1.82) is 0 Å². The minimum absolute atomic E-state index is 0.0682. The van der Waals surface area contributed by atoms with E-state index < -0.39 is 24.0 Å². The van der Waals surface area contributed by atoms with Crippen LogP contribution in [0, 0.1) is 14.2 Å². The number of esters is 3. The number of benzene rings is 1. The van der Waals surface area contributed by atoms with Gasteiger partial charge in [0.2, 0.25) is 0 Å². The SMILES string of the molecule is [CH]OC(=O)c1ccccc1C(=O)OC(CCC)C(=O)O[CH]. The molecule has 0 amide bonds. The molecule has 1 atom stereocenters. The van der Waals surface area contributed by atoms with E-state index in [1.165, 1.54) is 24.3 Å². The summed E-state index contributed by atoms with van der Waals surface area (Å²) in [5, 5.41) is 0. The topological polar surface area (TPSA) is 78.9 Å². The molecule has 1 aromatic rings. The Balaban J connectivity index is 2.97. The van der Waals surface area contributed by atoms with Gasteiger partial charge in [0.05, 0.1) is 11.1 Å². The van der Waals surface area contributed by atoms with Gasteiger partial charge in [-0.15, -0.1) is 0 Å². The molecule has 0 aromatic heterocycles. The molecule has 0 saturated heterocycles. The normalized spacial score (nSPS) is 11.4. The molecule has 0 fully saturated rings. The molecule has 4 radical (unpaired) electrons. The fourth-order valence-electron chi connectivity index (χ4n) is 1.66. The molecule has 0 aliphatic heterocycles. The van der Waals surface area contributed by atoms with Crippen molar-refractivity contribution in [3.05, 3.63) is 49.6 Å². The lowest BCUT2D eigenvalue weighted by atomic mass is 10.1. The zero-order chi connectivity index (χ0) is 15.8. The molecule has 0 saturated carbocycles. The van der Waals surface area contributed by atoms with Crippen LogP contribution in [0.15, 0.2) is 24.3 Å². The lowest BCUT2D eigenvalue weighted by Crippen LogP contribution is -2.28. The first-order valence-corrected chi connectivity index (χ1v) is 6.16. The number of rotatable bonds is 6. The average Bonchev–Trinajstić information content (AvgIpc) is 2.52. The highest BCUT2D eigenvalue weighted by Gasteiger charge is 2.26. The molecule has 1 aromatic carbocycles. The Labute approximate surface area is 123 Å². The third-order valence-corrected chi connectivity index (χ3v) is 2.65. The van der Waals surface area contributed by atoms with Gasteiger partial charge in [-0.1, -0.05) is 25.5 Å². The van der Waals surface area contributed by atoms with Crippen molar-refractivity contribution in [2.75, 3.05) is 0 Å². The van der Waals surface area contributed by atoms with E-state index in [-0.39, 0.29) is 17.5 Å². The maximum atomic E-state index is 12.1. The Morgan fingerprint density at radius 1 is 1.05 bits per heavy atom. The highest BCUT2D eigenvalue weighted by molar-refractivity contribution is 6.03. The summed E-state index contributed by atoms with van der Waals surface area (Å²) in [5.41, 5.74) is -0.139. The molecule has 0 bridgehead atoms. The molecule has 1 unspecified atom stereocenters. The van der Waals surface area contributed by atoms with Crippen molar-refractivity contribution in [2.45, 2.75) is 25.9 Å². The van der Waals surface area contributed by atoms with Gasteiger partial charge in [0.25, 0.3) is 0 Å². The van der Waals surface area contributed by atoms with E-state index in [0.717, 1.165) is 0 Å². The summed E-state index contributed by atoms with van der Waals surface area (Å²) in [5.74, 6) is -2.64. The van der Waals surface area contributed by atoms with E-state index >= 15 is 0 Å². The quantitative estimate of drug-likeness (QED) is 0.589. The first-order chi connectivity index (χ1) is 10.0. The monoisotopic (exact) mass is 290 g/mol. The van der Waals surface area contributed by atoms with E-state index in [1.54, 1.807) is 6.92 Å². The second-order valence-electron chi connectivity index (χ2n) is 4.07. The molecule has 110 valence electrons. The minimum Gasteiger partial charge on any atom is -0.451 e. The van der Waals surface area contributed by atoms with Gasteiger partial charge in [0.15, 0.2) is 20.3 Å². The van der Waals surface area contributed by atoms with Gasteiger partial charge in [-0.2, -0.15) is 0 Å². The summed E-state index contributed by atoms with van der Waals surface area (Å²) in [6, 6.07) is 5.76. The molecule has 1 rings (SSSR count). The highest BCUT2D eigenvalue weighted by atomic mass is 16.6. The molecular weight excluding hydrogens is 276 g/mol. The van der Waals surface area contributed by atoms with Crippen LogP contribution in [0.25, 0.3) is 0 Å². The Bertz CT molecular complexity index is 523. The van der Waals surface area contributed by atoms with Gasteiger partial charge in [-0.25, -0.2) is 14.4 Å². The van der Waals surface area contributed by atoms with Gasteiger partial charge >= 0.3 is 17.9 Å². The third-order valence-electron chi connectivity index (χ3n) is 2.65. The average molecular weight is 290 g/mol. The summed E-state index contributed by atoms with van der Waals surface area (Å²) in [6.45, 7) is 1.80. The number of hydrogen-bond acceptors (Lipinski definition) is 6. The predicted octanol–water partition coefficient (Wildman–Crippen LogP) is 2.05. The van der Waals surface area contributed by atoms with Crippen LogP contribution in [0.5, 0.6) is 0 Å². The predicted molar refractivity (Wildman–Crippen MR) is 70.7 cm³/mol. The van der Waals surface area contributed by atoms with Gasteiger partial charge in [-0.3, -0.25) is 0 Å². The smallest absolute Gasteiger partial charge is 0.348 e. The lowest BCUT2D eigenvalue weighted by Gasteiger charge is -2.15. The molecule has 0 N–H and O–H groups in total. The second kappa shape index (κ2) is 8.04. The number of hydrogen-bond donors (Lipinski definition) is 0. The molecule has 0 aliphatic rings. The largest absolute Gasteiger partial charge is 0.451 e. The van der Waals surface area contributed by atoms with Crippen molar-refractivity contribution in [3.8, 4) is 0 Å². The van der Waals surface area contributed by atoms with Gasteiger partial charge in [0.1, 0.15) is 0 Å². The highest BCUT2D eigenvalue weighted by Crippen LogP contribution is 2.15. The van der Waals surface area contributed by atoms with E-state index in [9.17, 15) is 14.4 Å². The minimum atomic E-state index is -1.14. The van der Waals surface area contributed by atoms with Crippen LogP contribution < -0.4 is 0 Å². The fraction of sp³-hybridized carbons (Fsp3) is 0.267. The molecule has 0 heterocycles. The Hall–Kier alpha value is -2.37. The standard InChI is InChI=1S/C15H14O6/c1-4-7-12(15(18)20-3)21-14(17)11-9-6-5-8-10(11)13(16)19-2/h2-3,5-6,8-9,12H,4,7H2,1H3. The molecule has 21 heavy (non-hydrogen) atoms. The van der Waals surface area contributed by atoms with E-state index in [4.69, 9.17) is 19.0 Å². The maximum absolute atomic E-state index is 12.1. The van der Waals surface area contributed by atoms with Crippen molar-refractivity contribution in [3.63, 3.8) is 0 Å². The Kier molecular flexibility index (Phi) is 6.39. The van der Waals surface area contributed by atoms with Crippen LogP contribution >= 0.6 is 0 Å². The Morgan fingerprint density at radius 3 is 2.10 bits per heavy atom. The van der Waals surface area contributed by atoms with Crippen molar-refractivity contribution in [1.82, 2.24) is 0 Å². The fourth-order valence-corrected chi connectivity index (χ4v) is 1.66. The lowest BCUT2D eigenvalue weighted by molar-refractivity contribution is -0.149. The van der Waals surface area contributed by atoms with Crippen LogP contribution in [-0.2, 0) is 19.0 Å². The van der Waals surface area contributed by atoms with Crippen LogP contribution in [-0.4, -0.2) is 24.0 Å². The zero-order valence-corrected chi connectivity index (χ0v) is 11.4. The van der Waals surface area contributed by atoms with Crippen molar-refractivity contribution in [2.24, 2.45) is 0 Å². The van der Waals surface area contributed by atoms with Crippen molar-refractivity contribution < 1.29 is 28.6 Å². The van der Waals surface area contributed by atoms with Gasteiger partial charge in [-0.05, 0) is 18.6 Å². The van der Waals surface area contributed by atoms with Gasteiger partial charge < -0.3 is 14.2 Å². The van der Waals surface area contributed by atoms with Crippen molar-refractivity contribution >= 4 is 17.9 Å². The zero-order valence-electron chi connectivity index (χ0n) is 11.4. The third kappa shape index (κ3) is 4.30. The number of carbonyl (C=O) groups excluding carboxylic acids is 3.